The largest absolute Gasteiger partial charge is 0.475 e. The Balaban J connectivity index is 1.70. The van der Waals surface area contributed by atoms with Crippen LogP contribution in [0.3, 0.4) is 0 Å². The van der Waals surface area contributed by atoms with Crippen molar-refractivity contribution >= 4 is 21.7 Å². The van der Waals surface area contributed by atoms with Crippen LogP contribution in [0.2, 0.25) is 0 Å². The summed E-state index contributed by atoms with van der Waals surface area (Å²) >= 11 is 0. The van der Waals surface area contributed by atoms with Gasteiger partial charge in [-0.05, 0) is 29.3 Å². The Hall–Kier alpha value is -3.30. The van der Waals surface area contributed by atoms with Gasteiger partial charge in [0.2, 0.25) is 21.8 Å². The molecule has 0 fully saturated rings. The van der Waals surface area contributed by atoms with Crippen molar-refractivity contribution in [2.75, 3.05) is 11.9 Å². The highest BCUT2D eigenvalue weighted by molar-refractivity contribution is 7.89. The lowest BCUT2D eigenvalue weighted by molar-refractivity contribution is -0.114. The second-order valence-corrected chi connectivity index (χ2v) is 8.22. The van der Waals surface area contributed by atoms with E-state index in [1.807, 2.05) is 30.3 Å². The van der Waals surface area contributed by atoms with Gasteiger partial charge in [0.05, 0.1) is 6.04 Å². The van der Waals surface area contributed by atoms with E-state index in [0.717, 1.165) is 5.56 Å². The van der Waals surface area contributed by atoms with Crippen LogP contribution in [0.25, 0.3) is 11.1 Å². The molecule has 148 valence electrons. The Labute approximate surface area is 168 Å². The van der Waals surface area contributed by atoms with E-state index in [0.29, 0.717) is 16.9 Å². The predicted octanol–water partition coefficient (Wildman–Crippen LogP) is 2.51. The zero-order valence-electron chi connectivity index (χ0n) is 15.5. The van der Waals surface area contributed by atoms with Crippen LogP contribution in [-0.2, 0) is 14.8 Å². The molecule has 1 atom stereocenters. The Morgan fingerprint density at radius 2 is 1.93 bits per heavy atom. The maximum atomic E-state index is 13.0. The van der Waals surface area contributed by atoms with Gasteiger partial charge in [-0.15, -0.1) is 0 Å². The summed E-state index contributed by atoms with van der Waals surface area (Å²) in [4.78, 5) is 19.5. The number of hydrogen-bond acceptors (Lipinski definition) is 6. The molecular formula is C20H18N4O4S. The molecule has 1 aliphatic heterocycles. The van der Waals surface area contributed by atoms with Crippen molar-refractivity contribution in [2.24, 2.45) is 0 Å². The summed E-state index contributed by atoms with van der Waals surface area (Å²) in [6.07, 6.45) is 3.06. The van der Waals surface area contributed by atoms with Gasteiger partial charge in [0.15, 0.2) is 0 Å². The first kappa shape index (κ1) is 19.0. The lowest BCUT2D eigenvalue weighted by Crippen LogP contribution is -2.29. The molecule has 0 aliphatic carbocycles. The SMILES string of the molecule is CC(=O)Nc1cc(-c2cnc3c(c2)S(=O)(=O)N[C@@H](c2ccccc2)CO3)ccn1. The minimum atomic E-state index is -3.86. The van der Waals surface area contributed by atoms with E-state index in [4.69, 9.17) is 4.74 Å². The summed E-state index contributed by atoms with van der Waals surface area (Å²) in [6.45, 7) is 1.52. The van der Waals surface area contributed by atoms with Gasteiger partial charge in [0, 0.05) is 24.9 Å². The molecule has 0 saturated heterocycles. The van der Waals surface area contributed by atoms with E-state index in [-0.39, 0.29) is 23.3 Å². The molecule has 0 unspecified atom stereocenters. The second kappa shape index (κ2) is 7.61. The topological polar surface area (TPSA) is 110 Å². The van der Waals surface area contributed by atoms with Crippen molar-refractivity contribution in [3.8, 4) is 17.0 Å². The molecule has 29 heavy (non-hydrogen) atoms. The Kier molecular flexibility index (Phi) is 4.99. The summed E-state index contributed by atoms with van der Waals surface area (Å²) < 4.78 is 34.3. The fraction of sp³-hybridized carbons (Fsp3) is 0.150. The molecular weight excluding hydrogens is 392 g/mol. The molecule has 0 radical (unpaired) electrons. The number of aromatic nitrogens is 2. The highest BCUT2D eigenvalue weighted by Crippen LogP contribution is 2.32. The van der Waals surface area contributed by atoms with E-state index in [1.165, 1.54) is 25.4 Å². The van der Waals surface area contributed by atoms with Crippen molar-refractivity contribution in [3.63, 3.8) is 0 Å². The summed E-state index contributed by atoms with van der Waals surface area (Å²) in [7, 11) is -3.86. The number of hydrogen-bond donors (Lipinski definition) is 2. The number of pyridine rings is 2. The maximum absolute atomic E-state index is 13.0. The third-order valence-electron chi connectivity index (χ3n) is 4.39. The number of nitrogens with zero attached hydrogens (tertiary/aromatic N) is 2. The van der Waals surface area contributed by atoms with Crippen LogP contribution in [-0.4, -0.2) is 30.9 Å². The fourth-order valence-corrected chi connectivity index (χ4v) is 4.38. The molecule has 1 aromatic carbocycles. The van der Waals surface area contributed by atoms with Crippen molar-refractivity contribution in [1.82, 2.24) is 14.7 Å². The highest BCUT2D eigenvalue weighted by atomic mass is 32.2. The van der Waals surface area contributed by atoms with E-state index < -0.39 is 16.1 Å². The van der Waals surface area contributed by atoms with Crippen LogP contribution < -0.4 is 14.8 Å². The Bertz CT molecular complexity index is 1170. The number of fused-ring (bicyclic) bond motifs is 1. The lowest BCUT2D eigenvalue weighted by Gasteiger charge is -2.14. The number of carbonyl (C=O) groups excluding carboxylic acids is 1. The Morgan fingerprint density at radius 1 is 1.14 bits per heavy atom. The van der Waals surface area contributed by atoms with Gasteiger partial charge in [-0.2, -0.15) is 0 Å². The second-order valence-electron chi connectivity index (χ2n) is 6.53. The van der Waals surface area contributed by atoms with Crippen LogP contribution >= 0.6 is 0 Å². The molecule has 4 rings (SSSR count). The molecule has 2 N–H and O–H groups in total. The van der Waals surface area contributed by atoms with E-state index in [2.05, 4.69) is 20.0 Å². The lowest BCUT2D eigenvalue weighted by atomic mass is 10.1. The maximum Gasteiger partial charge on any atom is 0.246 e. The van der Waals surface area contributed by atoms with E-state index in [9.17, 15) is 13.2 Å². The first-order valence-electron chi connectivity index (χ1n) is 8.86. The quantitative estimate of drug-likeness (QED) is 0.687. The summed E-state index contributed by atoms with van der Waals surface area (Å²) in [6, 6.07) is 13.6. The van der Waals surface area contributed by atoms with Crippen LogP contribution in [0.5, 0.6) is 5.88 Å². The summed E-state index contributed by atoms with van der Waals surface area (Å²) in [5, 5.41) is 2.60. The number of benzene rings is 1. The summed E-state index contributed by atoms with van der Waals surface area (Å²) in [5.41, 5.74) is 2.03. The molecule has 8 nitrogen and oxygen atoms in total. The smallest absolute Gasteiger partial charge is 0.246 e. The predicted molar refractivity (Wildman–Crippen MR) is 107 cm³/mol. The number of sulfonamides is 1. The number of nitrogens with one attached hydrogen (secondary N) is 2. The zero-order chi connectivity index (χ0) is 20.4. The molecule has 3 heterocycles. The van der Waals surface area contributed by atoms with Gasteiger partial charge in [-0.3, -0.25) is 4.79 Å². The van der Waals surface area contributed by atoms with Crippen molar-refractivity contribution < 1.29 is 17.9 Å². The molecule has 1 amide bonds. The number of rotatable bonds is 3. The molecule has 0 spiro atoms. The van der Waals surface area contributed by atoms with Gasteiger partial charge < -0.3 is 10.1 Å². The number of carbonyl (C=O) groups is 1. The minimum Gasteiger partial charge on any atom is -0.475 e. The minimum absolute atomic E-state index is 0.0358. The first-order chi connectivity index (χ1) is 13.9. The zero-order valence-corrected chi connectivity index (χ0v) is 16.3. The third-order valence-corrected chi connectivity index (χ3v) is 5.86. The fourth-order valence-electron chi connectivity index (χ4n) is 3.05. The molecule has 1 aliphatic rings. The number of ether oxygens (including phenoxy) is 1. The molecule has 9 heteroatoms. The van der Waals surface area contributed by atoms with E-state index in [1.54, 1.807) is 12.1 Å². The van der Waals surface area contributed by atoms with Crippen molar-refractivity contribution in [2.45, 2.75) is 17.9 Å². The standard InChI is InChI=1S/C20H18N4O4S/c1-13(25)23-19-10-15(7-8-21-19)16-9-18-20(22-11-16)28-12-17(24-29(18,26)27)14-5-3-2-4-6-14/h2-11,17,24H,12H2,1H3,(H,21,23,25)/t17-/m1/s1. The van der Waals surface area contributed by atoms with Gasteiger partial charge in [0.25, 0.3) is 0 Å². The monoisotopic (exact) mass is 410 g/mol. The number of anilines is 1. The normalized spacial score (nSPS) is 17.5. The number of amides is 1. The highest BCUT2D eigenvalue weighted by Gasteiger charge is 2.30. The molecule has 0 saturated carbocycles. The van der Waals surface area contributed by atoms with Crippen LogP contribution in [0.15, 0.2) is 65.8 Å². The van der Waals surface area contributed by atoms with E-state index >= 15 is 0 Å². The van der Waals surface area contributed by atoms with Gasteiger partial charge in [-0.1, -0.05) is 30.3 Å². The average molecular weight is 410 g/mol. The van der Waals surface area contributed by atoms with Gasteiger partial charge in [-0.25, -0.2) is 23.1 Å². The van der Waals surface area contributed by atoms with Crippen LogP contribution in [0.1, 0.15) is 18.5 Å². The average Bonchev–Trinajstić information content (AvgIpc) is 2.84. The van der Waals surface area contributed by atoms with Crippen molar-refractivity contribution in [3.05, 3.63) is 66.5 Å². The van der Waals surface area contributed by atoms with Crippen molar-refractivity contribution in [1.29, 1.82) is 0 Å². The summed E-state index contributed by atoms with van der Waals surface area (Å²) in [5.74, 6) is 0.170. The molecule has 3 aromatic rings. The molecule has 2 aromatic heterocycles. The van der Waals surface area contributed by atoms with Crippen LogP contribution in [0.4, 0.5) is 5.82 Å². The van der Waals surface area contributed by atoms with Crippen LogP contribution in [0, 0.1) is 0 Å². The molecule has 0 bridgehead atoms. The first-order valence-corrected chi connectivity index (χ1v) is 10.3. The third kappa shape index (κ3) is 4.10. The van der Waals surface area contributed by atoms with Gasteiger partial charge in [0.1, 0.15) is 17.3 Å². The van der Waals surface area contributed by atoms with Gasteiger partial charge >= 0.3 is 0 Å². The Morgan fingerprint density at radius 3 is 2.69 bits per heavy atom.